The summed E-state index contributed by atoms with van der Waals surface area (Å²) in [6, 6.07) is 19.3. The molecular weight excluding hydrogens is 562 g/mol. The van der Waals surface area contributed by atoms with Gasteiger partial charge in [-0.15, -0.1) is 0 Å². The zero-order chi connectivity index (χ0) is 25.9. The minimum absolute atomic E-state index is 0.225. The normalized spacial score (nSPS) is 11.4. The number of fused-ring (bicyclic) bond motifs is 2. The highest BCUT2D eigenvalue weighted by atomic mass is 79.9. The van der Waals surface area contributed by atoms with E-state index in [1.165, 1.54) is 10.9 Å². The van der Waals surface area contributed by atoms with E-state index in [0.29, 0.717) is 38.6 Å². The fourth-order valence-corrected chi connectivity index (χ4v) is 4.28. The van der Waals surface area contributed by atoms with Crippen LogP contribution >= 0.6 is 27.5 Å². The van der Waals surface area contributed by atoms with E-state index >= 15 is 0 Å². The summed E-state index contributed by atoms with van der Waals surface area (Å²) in [7, 11) is 0. The van der Waals surface area contributed by atoms with Crippen molar-refractivity contribution in [3.8, 4) is 17.3 Å². The molecule has 5 aromatic rings. The number of carbonyl (C=O) groups is 1. The van der Waals surface area contributed by atoms with E-state index in [1.54, 1.807) is 55.5 Å². The number of furan rings is 1. The van der Waals surface area contributed by atoms with E-state index in [0.717, 1.165) is 9.86 Å². The highest BCUT2D eigenvalue weighted by molar-refractivity contribution is 9.10. The number of ether oxygens (including phenoxy) is 2. The molecule has 0 saturated carbocycles. The van der Waals surface area contributed by atoms with Crippen LogP contribution in [-0.4, -0.2) is 35.1 Å². The van der Waals surface area contributed by atoms with Gasteiger partial charge in [0.05, 0.1) is 23.7 Å². The van der Waals surface area contributed by atoms with Crippen LogP contribution in [0.15, 0.2) is 85.5 Å². The number of nitrogens with zero attached hydrogens (tertiary/aromatic N) is 3. The molecule has 37 heavy (non-hydrogen) atoms. The van der Waals surface area contributed by atoms with Gasteiger partial charge in [0, 0.05) is 20.4 Å². The summed E-state index contributed by atoms with van der Waals surface area (Å²) in [4.78, 5) is 29.9. The number of esters is 1. The second-order valence-electron chi connectivity index (χ2n) is 7.88. The van der Waals surface area contributed by atoms with E-state index in [4.69, 9.17) is 25.5 Å². The van der Waals surface area contributed by atoms with Crippen LogP contribution in [0.3, 0.4) is 0 Å². The molecule has 2 aromatic heterocycles. The zero-order valence-electron chi connectivity index (χ0n) is 19.5. The third kappa shape index (κ3) is 5.28. The first-order valence-electron chi connectivity index (χ1n) is 11.3. The van der Waals surface area contributed by atoms with Crippen molar-refractivity contribution in [2.24, 2.45) is 5.10 Å². The monoisotopic (exact) mass is 579 g/mol. The van der Waals surface area contributed by atoms with Gasteiger partial charge >= 0.3 is 5.97 Å². The van der Waals surface area contributed by atoms with Crippen molar-refractivity contribution >= 4 is 61.6 Å². The molecule has 0 atom stereocenters. The molecule has 10 heteroatoms. The maximum atomic E-state index is 13.5. The van der Waals surface area contributed by atoms with Gasteiger partial charge in [-0.3, -0.25) is 4.79 Å². The average Bonchev–Trinajstić information content (AvgIpc) is 3.31. The third-order valence-corrected chi connectivity index (χ3v) is 6.12. The van der Waals surface area contributed by atoms with Gasteiger partial charge in [-0.2, -0.15) is 9.78 Å². The van der Waals surface area contributed by atoms with Crippen LogP contribution in [-0.2, 0) is 9.53 Å². The summed E-state index contributed by atoms with van der Waals surface area (Å²) in [5, 5.41) is 6.11. The van der Waals surface area contributed by atoms with Crippen molar-refractivity contribution in [3.05, 3.63) is 92.1 Å². The van der Waals surface area contributed by atoms with Crippen LogP contribution in [0.4, 0.5) is 0 Å². The van der Waals surface area contributed by atoms with Crippen LogP contribution in [0.25, 0.3) is 33.5 Å². The van der Waals surface area contributed by atoms with E-state index < -0.39 is 5.97 Å². The number of para-hydroxylation sites is 1. The van der Waals surface area contributed by atoms with Gasteiger partial charge in [0.2, 0.25) is 5.82 Å². The molecule has 0 spiro atoms. The van der Waals surface area contributed by atoms with Gasteiger partial charge in [0.15, 0.2) is 12.4 Å². The number of benzene rings is 3. The minimum atomic E-state index is -0.505. The highest BCUT2D eigenvalue weighted by Crippen LogP contribution is 2.29. The summed E-state index contributed by atoms with van der Waals surface area (Å²) in [6.45, 7) is 1.68. The Morgan fingerprint density at radius 1 is 1.16 bits per heavy atom. The minimum Gasteiger partial charge on any atom is -0.481 e. The molecular formula is C27H19BrClN3O5. The molecule has 3 aromatic carbocycles. The Morgan fingerprint density at radius 3 is 2.84 bits per heavy atom. The summed E-state index contributed by atoms with van der Waals surface area (Å²) < 4.78 is 18.6. The zero-order valence-corrected chi connectivity index (χ0v) is 21.8. The van der Waals surface area contributed by atoms with Gasteiger partial charge in [-0.1, -0.05) is 39.7 Å². The lowest BCUT2D eigenvalue weighted by molar-refractivity contribution is -0.145. The predicted octanol–water partition coefficient (Wildman–Crippen LogP) is 6.05. The third-order valence-electron chi connectivity index (χ3n) is 5.39. The second kappa shape index (κ2) is 10.6. The van der Waals surface area contributed by atoms with Crippen LogP contribution < -0.4 is 10.3 Å². The second-order valence-corrected chi connectivity index (χ2v) is 9.23. The van der Waals surface area contributed by atoms with Gasteiger partial charge in [0.25, 0.3) is 5.56 Å². The van der Waals surface area contributed by atoms with Crippen molar-refractivity contribution in [1.82, 2.24) is 9.66 Å². The molecule has 0 fully saturated rings. The molecule has 2 heterocycles. The maximum Gasteiger partial charge on any atom is 0.344 e. The van der Waals surface area contributed by atoms with Crippen LogP contribution in [0.2, 0.25) is 5.02 Å². The molecule has 0 saturated heterocycles. The molecule has 0 bridgehead atoms. The summed E-state index contributed by atoms with van der Waals surface area (Å²) in [5.74, 6) is 0.438. The Hall–Kier alpha value is -3.95. The Balaban J connectivity index is 1.62. The molecule has 0 radical (unpaired) electrons. The number of carbonyl (C=O) groups excluding carboxylic acids is 1. The van der Waals surface area contributed by atoms with Crippen LogP contribution in [0.5, 0.6) is 5.75 Å². The first-order valence-corrected chi connectivity index (χ1v) is 12.4. The molecule has 8 nitrogen and oxygen atoms in total. The smallest absolute Gasteiger partial charge is 0.344 e. The number of halogens is 2. The summed E-state index contributed by atoms with van der Waals surface area (Å²) in [6.07, 6.45) is 1.42. The molecule has 0 aliphatic rings. The number of hydrogen-bond acceptors (Lipinski definition) is 7. The Bertz CT molecular complexity index is 1730. The van der Waals surface area contributed by atoms with Gasteiger partial charge in [0.1, 0.15) is 11.3 Å². The lowest BCUT2D eigenvalue weighted by atomic mass is 10.2. The summed E-state index contributed by atoms with van der Waals surface area (Å²) >= 11 is 9.66. The van der Waals surface area contributed by atoms with Crippen molar-refractivity contribution in [1.29, 1.82) is 0 Å². The first-order chi connectivity index (χ1) is 17.9. The molecule has 5 rings (SSSR count). The quantitative estimate of drug-likeness (QED) is 0.172. The fraction of sp³-hybridized carbons (Fsp3) is 0.111. The summed E-state index contributed by atoms with van der Waals surface area (Å²) in [5.41, 5.74) is 1.23. The Kier molecular flexibility index (Phi) is 7.07. The molecule has 0 amide bonds. The van der Waals surface area contributed by atoms with Crippen molar-refractivity contribution in [3.63, 3.8) is 0 Å². The number of hydrogen-bond donors (Lipinski definition) is 0. The van der Waals surface area contributed by atoms with Gasteiger partial charge < -0.3 is 13.9 Å². The predicted molar refractivity (Wildman–Crippen MR) is 145 cm³/mol. The van der Waals surface area contributed by atoms with E-state index in [2.05, 4.69) is 26.0 Å². The molecule has 0 N–H and O–H groups in total. The van der Waals surface area contributed by atoms with Crippen molar-refractivity contribution in [2.45, 2.75) is 6.92 Å². The van der Waals surface area contributed by atoms with E-state index in [1.807, 2.05) is 18.2 Å². The maximum absolute atomic E-state index is 13.5. The highest BCUT2D eigenvalue weighted by Gasteiger charge is 2.17. The molecule has 186 valence electrons. The first kappa shape index (κ1) is 24.7. The van der Waals surface area contributed by atoms with Crippen LogP contribution in [0.1, 0.15) is 12.5 Å². The standard InChI is InChI=1S/C27H19BrClN3O5/c1-2-35-25(33)15-36-22-10-8-19(29)12-17(22)14-30-32-26(31-21-6-4-3-5-20(21)27(32)34)24-13-16-11-18(28)7-9-23(16)37-24/h3-14H,2,15H2,1H3. The fourth-order valence-electron chi connectivity index (χ4n) is 3.73. The lowest BCUT2D eigenvalue weighted by Crippen LogP contribution is -2.20. The van der Waals surface area contributed by atoms with Crippen molar-refractivity contribution in [2.75, 3.05) is 13.2 Å². The topological polar surface area (TPSA) is 95.9 Å². The largest absolute Gasteiger partial charge is 0.481 e. The van der Waals surface area contributed by atoms with E-state index in [9.17, 15) is 9.59 Å². The average molecular weight is 581 g/mol. The van der Waals surface area contributed by atoms with E-state index in [-0.39, 0.29) is 24.6 Å². The molecule has 0 unspecified atom stereocenters. The molecule has 0 aliphatic heterocycles. The Labute approximate surface area is 224 Å². The SMILES string of the molecule is CCOC(=O)COc1ccc(Cl)cc1C=Nn1c(-c2cc3cc(Br)ccc3o2)nc2ccccc2c1=O. The number of rotatable bonds is 7. The van der Waals surface area contributed by atoms with Gasteiger partial charge in [-0.05, 0) is 61.5 Å². The molecule has 0 aliphatic carbocycles. The van der Waals surface area contributed by atoms with Crippen molar-refractivity contribution < 1.29 is 18.7 Å². The van der Waals surface area contributed by atoms with Gasteiger partial charge in [-0.25, -0.2) is 9.78 Å². The Morgan fingerprint density at radius 2 is 2.00 bits per heavy atom. The number of aromatic nitrogens is 2. The van der Waals surface area contributed by atoms with Crippen LogP contribution in [0, 0.1) is 0 Å². The lowest BCUT2D eigenvalue weighted by Gasteiger charge is -2.10.